The maximum absolute atomic E-state index is 11.2. The minimum Gasteiger partial charge on any atom is -0.390 e. The third kappa shape index (κ3) is 5.41. The number of carbonyl (C=O) groups is 3. The Hall–Kier alpha value is -2.23. The SMILES string of the molecule is CC(=O)CC(=O)OC(=O)/C=C/c1ccccc1. The molecule has 0 fully saturated rings. The van der Waals surface area contributed by atoms with Gasteiger partial charge in [0.2, 0.25) is 0 Å². The first-order valence-corrected chi connectivity index (χ1v) is 5.05. The number of carbonyl (C=O) groups excluding carboxylic acids is 3. The summed E-state index contributed by atoms with van der Waals surface area (Å²) in [6, 6.07) is 9.12. The summed E-state index contributed by atoms with van der Waals surface area (Å²) in [5, 5.41) is 0. The Labute approximate surface area is 98.9 Å². The topological polar surface area (TPSA) is 60.4 Å². The molecule has 17 heavy (non-hydrogen) atoms. The van der Waals surface area contributed by atoms with E-state index < -0.39 is 11.9 Å². The van der Waals surface area contributed by atoms with E-state index in [4.69, 9.17) is 0 Å². The standard InChI is InChI=1S/C13H12O4/c1-10(14)9-13(16)17-12(15)8-7-11-5-3-2-4-6-11/h2-8H,9H2,1H3/b8-7+. The van der Waals surface area contributed by atoms with Crippen LogP contribution in [0.25, 0.3) is 6.08 Å². The van der Waals surface area contributed by atoms with Gasteiger partial charge in [0.15, 0.2) is 0 Å². The molecule has 4 heteroatoms. The van der Waals surface area contributed by atoms with E-state index in [1.807, 2.05) is 18.2 Å². The molecular formula is C13H12O4. The quantitative estimate of drug-likeness (QED) is 0.450. The van der Waals surface area contributed by atoms with Crippen LogP contribution in [-0.4, -0.2) is 17.7 Å². The highest BCUT2D eigenvalue weighted by atomic mass is 16.6. The number of esters is 2. The Morgan fingerprint density at radius 2 is 1.82 bits per heavy atom. The van der Waals surface area contributed by atoms with Crippen molar-refractivity contribution in [3.05, 3.63) is 42.0 Å². The number of ketones is 1. The molecule has 0 amide bonds. The third-order valence-electron chi connectivity index (χ3n) is 1.82. The van der Waals surface area contributed by atoms with Gasteiger partial charge in [0.05, 0.1) is 0 Å². The number of ether oxygens (including phenoxy) is 1. The maximum atomic E-state index is 11.2. The summed E-state index contributed by atoms with van der Waals surface area (Å²) in [5.74, 6) is -1.95. The van der Waals surface area contributed by atoms with Crippen LogP contribution in [0.3, 0.4) is 0 Å². The smallest absolute Gasteiger partial charge is 0.338 e. The lowest BCUT2D eigenvalue weighted by Crippen LogP contribution is -2.12. The van der Waals surface area contributed by atoms with Gasteiger partial charge in [-0.1, -0.05) is 30.3 Å². The number of Topliss-reactive ketones (excluding diaryl/α,β-unsaturated/α-hetero) is 1. The van der Waals surface area contributed by atoms with Crippen molar-refractivity contribution in [3.8, 4) is 0 Å². The molecule has 0 heterocycles. The molecule has 0 saturated heterocycles. The molecule has 0 aliphatic heterocycles. The highest BCUT2D eigenvalue weighted by molar-refractivity contribution is 6.01. The molecule has 0 radical (unpaired) electrons. The molecule has 1 aromatic rings. The van der Waals surface area contributed by atoms with Gasteiger partial charge in [0.25, 0.3) is 0 Å². The van der Waals surface area contributed by atoms with Crippen LogP contribution in [0.2, 0.25) is 0 Å². The molecule has 0 spiro atoms. The molecular weight excluding hydrogens is 220 g/mol. The Morgan fingerprint density at radius 3 is 2.41 bits per heavy atom. The Bertz CT molecular complexity index is 446. The second-order valence-electron chi connectivity index (χ2n) is 3.42. The van der Waals surface area contributed by atoms with Crippen LogP contribution in [-0.2, 0) is 19.1 Å². The minimum atomic E-state index is -0.833. The summed E-state index contributed by atoms with van der Waals surface area (Å²) in [6.07, 6.45) is 2.29. The fourth-order valence-electron chi connectivity index (χ4n) is 1.11. The van der Waals surface area contributed by atoms with Gasteiger partial charge >= 0.3 is 11.9 Å². The summed E-state index contributed by atoms with van der Waals surface area (Å²) in [5.41, 5.74) is 0.823. The molecule has 1 aromatic carbocycles. The highest BCUT2D eigenvalue weighted by Crippen LogP contribution is 2.01. The fraction of sp³-hybridized carbons (Fsp3) is 0.154. The van der Waals surface area contributed by atoms with Gasteiger partial charge in [0, 0.05) is 6.08 Å². The Kier molecular flexibility index (Phi) is 4.81. The molecule has 0 saturated carbocycles. The second-order valence-corrected chi connectivity index (χ2v) is 3.42. The molecule has 88 valence electrons. The zero-order valence-corrected chi connectivity index (χ0v) is 9.38. The van der Waals surface area contributed by atoms with E-state index in [0.29, 0.717) is 0 Å². The van der Waals surface area contributed by atoms with Crippen molar-refractivity contribution in [2.24, 2.45) is 0 Å². The van der Waals surface area contributed by atoms with Crippen LogP contribution in [0, 0.1) is 0 Å². The number of benzene rings is 1. The van der Waals surface area contributed by atoms with E-state index in [1.165, 1.54) is 13.0 Å². The van der Waals surface area contributed by atoms with Crippen LogP contribution < -0.4 is 0 Å². The number of hydrogen-bond acceptors (Lipinski definition) is 4. The van der Waals surface area contributed by atoms with Crippen LogP contribution in [0.5, 0.6) is 0 Å². The zero-order valence-electron chi connectivity index (χ0n) is 9.38. The molecule has 1 rings (SSSR count). The normalized spacial score (nSPS) is 10.2. The molecule has 4 nitrogen and oxygen atoms in total. The molecule has 0 N–H and O–H groups in total. The highest BCUT2D eigenvalue weighted by Gasteiger charge is 2.09. The van der Waals surface area contributed by atoms with E-state index in [1.54, 1.807) is 12.1 Å². The summed E-state index contributed by atoms with van der Waals surface area (Å²) in [6.45, 7) is 1.26. The van der Waals surface area contributed by atoms with Crippen molar-refractivity contribution in [3.63, 3.8) is 0 Å². The van der Waals surface area contributed by atoms with Crippen molar-refractivity contribution in [1.29, 1.82) is 0 Å². The Morgan fingerprint density at radius 1 is 1.18 bits per heavy atom. The molecule has 0 unspecified atom stereocenters. The van der Waals surface area contributed by atoms with Crippen LogP contribution in [0.15, 0.2) is 36.4 Å². The predicted molar refractivity (Wildman–Crippen MR) is 61.9 cm³/mol. The lowest BCUT2D eigenvalue weighted by molar-refractivity contribution is -0.156. The van der Waals surface area contributed by atoms with Gasteiger partial charge in [0.1, 0.15) is 12.2 Å². The molecule has 0 aromatic heterocycles. The first-order chi connectivity index (χ1) is 8.08. The van der Waals surface area contributed by atoms with E-state index in [2.05, 4.69) is 4.74 Å². The van der Waals surface area contributed by atoms with Crippen molar-refractivity contribution in [2.45, 2.75) is 13.3 Å². The number of rotatable bonds is 4. The van der Waals surface area contributed by atoms with Gasteiger partial charge in [-0.15, -0.1) is 0 Å². The second kappa shape index (κ2) is 6.37. The van der Waals surface area contributed by atoms with Gasteiger partial charge in [-0.2, -0.15) is 0 Å². The molecule has 0 aliphatic rings. The zero-order chi connectivity index (χ0) is 12.7. The Balaban J connectivity index is 2.47. The first kappa shape index (κ1) is 12.8. The van der Waals surface area contributed by atoms with E-state index in [-0.39, 0.29) is 12.2 Å². The third-order valence-corrected chi connectivity index (χ3v) is 1.82. The summed E-state index contributed by atoms with van der Waals surface area (Å²) in [7, 11) is 0. The molecule has 0 bridgehead atoms. The average Bonchev–Trinajstić information content (AvgIpc) is 2.26. The average molecular weight is 232 g/mol. The first-order valence-electron chi connectivity index (χ1n) is 5.05. The number of hydrogen-bond donors (Lipinski definition) is 0. The summed E-state index contributed by atoms with van der Waals surface area (Å²) >= 11 is 0. The summed E-state index contributed by atoms with van der Waals surface area (Å²) < 4.78 is 4.40. The van der Waals surface area contributed by atoms with E-state index in [9.17, 15) is 14.4 Å². The lowest BCUT2D eigenvalue weighted by Gasteiger charge is -1.97. The van der Waals surface area contributed by atoms with Gasteiger partial charge in [-0.05, 0) is 18.6 Å². The van der Waals surface area contributed by atoms with Crippen LogP contribution >= 0.6 is 0 Å². The van der Waals surface area contributed by atoms with Gasteiger partial charge in [-0.25, -0.2) is 4.79 Å². The van der Waals surface area contributed by atoms with Gasteiger partial charge in [-0.3, -0.25) is 9.59 Å². The predicted octanol–water partition coefficient (Wildman–Crippen LogP) is 1.75. The van der Waals surface area contributed by atoms with Crippen LogP contribution in [0.4, 0.5) is 0 Å². The van der Waals surface area contributed by atoms with Crippen LogP contribution in [0.1, 0.15) is 18.9 Å². The molecule has 0 aliphatic carbocycles. The van der Waals surface area contributed by atoms with E-state index >= 15 is 0 Å². The molecule has 0 atom stereocenters. The van der Waals surface area contributed by atoms with Gasteiger partial charge < -0.3 is 4.74 Å². The van der Waals surface area contributed by atoms with Crippen molar-refractivity contribution in [1.82, 2.24) is 0 Å². The fourth-order valence-corrected chi connectivity index (χ4v) is 1.11. The maximum Gasteiger partial charge on any atom is 0.338 e. The summed E-state index contributed by atoms with van der Waals surface area (Å²) in [4.78, 5) is 32.7. The van der Waals surface area contributed by atoms with Crippen molar-refractivity contribution in [2.75, 3.05) is 0 Å². The monoisotopic (exact) mass is 232 g/mol. The lowest BCUT2D eigenvalue weighted by atomic mass is 10.2. The minimum absolute atomic E-state index is 0.338. The van der Waals surface area contributed by atoms with Crippen molar-refractivity contribution < 1.29 is 19.1 Å². The van der Waals surface area contributed by atoms with E-state index in [0.717, 1.165) is 11.6 Å². The van der Waals surface area contributed by atoms with Crippen molar-refractivity contribution >= 4 is 23.8 Å². The largest absolute Gasteiger partial charge is 0.390 e.